The van der Waals surface area contributed by atoms with Crippen molar-refractivity contribution in [2.75, 3.05) is 11.9 Å². The summed E-state index contributed by atoms with van der Waals surface area (Å²) in [5, 5.41) is 11.9. The molecule has 0 aliphatic heterocycles. The van der Waals surface area contributed by atoms with Crippen molar-refractivity contribution in [2.24, 2.45) is 0 Å². The molecule has 2 N–H and O–H groups in total. The number of ether oxygens (including phenoxy) is 1. The number of nitrogens with one attached hydrogen (secondary N) is 1. The number of unbranched alkanes of at least 4 members (excludes halogenated alkanes) is 2. The van der Waals surface area contributed by atoms with Gasteiger partial charge in [0.1, 0.15) is 5.75 Å². The van der Waals surface area contributed by atoms with Crippen molar-refractivity contribution in [3.63, 3.8) is 0 Å². The first-order chi connectivity index (χ1) is 11.2. The average molecular weight is 313 g/mol. The van der Waals surface area contributed by atoms with Crippen LogP contribution in [0, 0.1) is 0 Å². The van der Waals surface area contributed by atoms with Crippen LogP contribution in [-0.4, -0.2) is 17.6 Å². The molecule has 0 aliphatic rings. The Balaban J connectivity index is 1.91. The number of benzene rings is 2. The van der Waals surface area contributed by atoms with Gasteiger partial charge in [0.15, 0.2) is 0 Å². The second-order valence-corrected chi connectivity index (χ2v) is 5.39. The van der Waals surface area contributed by atoms with Crippen molar-refractivity contribution < 1.29 is 14.6 Å². The van der Waals surface area contributed by atoms with E-state index < -0.39 is 0 Å². The monoisotopic (exact) mass is 313 g/mol. The Morgan fingerprint density at radius 2 is 1.91 bits per heavy atom. The molecule has 1 amide bonds. The standard InChI is InChI=1S/C19H23NO3/c1-2-3-4-12-23-18-10-8-16(9-11-18)19(22)20-17-7-5-6-15(13-17)14-21/h5-11,13,21H,2-4,12,14H2,1H3,(H,20,22). The van der Waals surface area contributed by atoms with E-state index in [4.69, 9.17) is 9.84 Å². The molecule has 4 heteroatoms. The second-order valence-electron chi connectivity index (χ2n) is 5.39. The molecule has 0 aliphatic carbocycles. The van der Waals surface area contributed by atoms with Crippen LogP contribution in [-0.2, 0) is 6.61 Å². The van der Waals surface area contributed by atoms with Gasteiger partial charge in [0.25, 0.3) is 5.91 Å². The van der Waals surface area contributed by atoms with Gasteiger partial charge in [-0.1, -0.05) is 31.9 Å². The number of anilines is 1. The maximum atomic E-state index is 12.2. The third kappa shape index (κ3) is 5.42. The lowest BCUT2D eigenvalue weighted by Gasteiger charge is -2.08. The molecule has 0 heterocycles. The third-order valence-electron chi connectivity index (χ3n) is 3.50. The zero-order valence-electron chi connectivity index (χ0n) is 13.4. The first kappa shape index (κ1) is 17.0. The Hall–Kier alpha value is -2.33. The van der Waals surface area contributed by atoms with Gasteiger partial charge in [-0.3, -0.25) is 4.79 Å². The highest BCUT2D eigenvalue weighted by molar-refractivity contribution is 6.04. The van der Waals surface area contributed by atoms with Crippen LogP contribution in [0.1, 0.15) is 42.1 Å². The molecule has 2 aromatic carbocycles. The fraction of sp³-hybridized carbons (Fsp3) is 0.316. The number of hydrogen-bond acceptors (Lipinski definition) is 3. The van der Waals surface area contributed by atoms with Gasteiger partial charge in [-0.05, 0) is 48.4 Å². The topological polar surface area (TPSA) is 58.6 Å². The molecule has 0 spiro atoms. The van der Waals surface area contributed by atoms with E-state index in [0.717, 1.165) is 24.2 Å². The summed E-state index contributed by atoms with van der Waals surface area (Å²) in [5.41, 5.74) is 2.00. The van der Waals surface area contributed by atoms with Gasteiger partial charge >= 0.3 is 0 Å². The van der Waals surface area contributed by atoms with Crippen molar-refractivity contribution in [3.8, 4) is 5.75 Å². The third-order valence-corrected chi connectivity index (χ3v) is 3.50. The van der Waals surface area contributed by atoms with Gasteiger partial charge < -0.3 is 15.2 Å². The Bertz CT molecular complexity index is 623. The Kier molecular flexibility index (Phi) is 6.63. The minimum Gasteiger partial charge on any atom is -0.494 e. The number of aliphatic hydroxyl groups excluding tert-OH is 1. The lowest BCUT2D eigenvalue weighted by Crippen LogP contribution is -2.12. The van der Waals surface area contributed by atoms with Gasteiger partial charge in [-0.2, -0.15) is 0 Å². The predicted molar refractivity (Wildman–Crippen MR) is 91.8 cm³/mol. The van der Waals surface area contributed by atoms with E-state index in [1.165, 1.54) is 6.42 Å². The van der Waals surface area contributed by atoms with E-state index in [9.17, 15) is 4.79 Å². The fourth-order valence-corrected chi connectivity index (χ4v) is 2.20. The zero-order valence-corrected chi connectivity index (χ0v) is 13.4. The summed E-state index contributed by atoms with van der Waals surface area (Å²) in [6.45, 7) is 2.81. The van der Waals surface area contributed by atoms with Crippen LogP contribution in [0.3, 0.4) is 0 Å². The number of carbonyl (C=O) groups excluding carboxylic acids is 1. The summed E-state index contributed by atoms with van der Waals surface area (Å²) < 4.78 is 5.63. The average Bonchev–Trinajstić information content (AvgIpc) is 2.59. The van der Waals surface area contributed by atoms with Crippen LogP contribution >= 0.6 is 0 Å². The Labute approximate surface area is 137 Å². The highest BCUT2D eigenvalue weighted by Crippen LogP contribution is 2.16. The largest absolute Gasteiger partial charge is 0.494 e. The first-order valence-electron chi connectivity index (χ1n) is 7.97. The number of hydrogen-bond donors (Lipinski definition) is 2. The predicted octanol–water partition coefficient (Wildman–Crippen LogP) is 4.00. The number of rotatable bonds is 8. The molecule has 0 atom stereocenters. The van der Waals surface area contributed by atoms with Gasteiger partial charge in [0.2, 0.25) is 0 Å². The molecule has 0 saturated carbocycles. The van der Waals surface area contributed by atoms with Crippen molar-refractivity contribution in [1.82, 2.24) is 0 Å². The molecule has 23 heavy (non-hydrogen) atoms. The van der Waals surface area contributed by atoms with Crippen LogP contribution in [0.4, 0.5) is 5.69 Å². The highest BCUT2D eigenvalue weighted by Gasteiger charge is 2.06. The molecular weight excluding hydrogens is 290 g/mol. The van der Waals surface area contributed by atoms with Gasteiger partial charge in [-0.25, -0.2) is 0 Å². The minimum atomic E-state index is -0.183. The maximum absolute atomic E-state index is 12.2. The molecular formula is C19H23NO3. The van der Waals surface area contributed by atoms with E-state index in [1.807, 2.05) is 12.1 Å². The molecule has 0 bridgehead atoms. The quantitative estimate of drug-likeness (QED) is 0.724. The Morgan fingerprint density at radius 1 is 1.13 bits per heavy atom. The van der Waals surface area contributed by atoms with Crippen LogP contribution in [0.2, 0.25) is 0 Å². The molecule has 0 fully saturated rings. The summed E-state index contributed by atoms with van der Waals surface area (Å²) >= 11 is 0. The molecule has 2 aromatic rings. The molecule has 0 radical (unpaired) electrons. The minimum absolute atomic E-state index is 0.0478. The van der Waals surface area contributed by atoms with Crippen LogP contribution in [0.25, 0.3) is 0 Å². The van der Waals surface area contributed by atoms with Crippen molar-refractivity contribution in [1.29, 1.82) is 0 Å². The summed E-state index contributed by atoms with van der Waals surface area (Å²) in [5.74, 6) is 0.595. The SMILES string of the molecule is CCCCCOc1ccc(C(=O)Nc2cccc(CO)c2)cc1. The van der Waals surface area contributed by atoms with Crippen molar-refractivity contribution in [3.05, 3.63) is 59.7 Å². The normalized spacial score (nSPS) is 10.3. The molecule has 122 valence electrons. The Morgan fingerprint density at radius 3 is 2.61 bits per heavy atom. The lowest BCUT2D eigenvalue weighted by atomic mass is 10.1. The molecule has 0 unspecified atom stereocenters. The van der Waals surface area contributed by atoms with E-state index >= 15 is 0 Å². The van der Waals surface area contributed by atoms with Crippen LogP contribution in [0.15, 0.2) is 48.5 Å². The van der Waals surface area contributed by atoms with E-state index in [-0.39, 0.29) is 12.5 Å². The van der Waals surface area contributed by atoms with Crippen LogP contribution in [0.5, 0.6) is 5.75 Å². The van der Waals surface area contributed by atoms with Crippen molar-refractivity contribution >= 4 is 11.6 Å². The van der Waals surface area contributed by atoms with E-state index in [2.05, 4.69) is 12.2 Å². The van der Waals surface area contributed by atoms with Gasteiger partial charge in [-0.15, -0.1) is 0 Å². The molecule has 0 aromatic heterocycles. The van der Waals surface area contributed by atoms with Crippen molar-refractivity contribution in [2.45, 2.75) is 32.8 Å². The second kappa shape index (κ2) is 8.96. The summed E-state index contributed by atoms with van der Waals surface area (Å²) in [4.78, 5) is 12.2. The van der Waals surface area contributed by atoms with Gasteiger partial charge in [0, 0.05) is 11.3 Å². The smallest absolute Gasteiger partial charge is 0.255 e. The fourth-order valence-electron chi connectivity index (χ4n) is 2.20. The number of aliphatic hydroxyl groups is 1. The summed E-state index contributed by atoms with van der Waals surface area (Å²) in [6.07, 6.45) is 3.37. The van der Waals surface area contributed by atoms with Crippen LogP contribution < -0.4 is 10.1 Å². The van der Waals surface area contributed by atoms with E-state index in [1.54, 1.807) is 36.4 Å². The van der Waals surface area contributed by atoms with Gasteiger partial charge in [0.05, 0.1) is 13.2 Å². The lowest BCUT2D eigenvalue weighted by molar-refractivity contribution is 0.102. The first-order valence-corrected chi connectivity index (χ1v) is 7.97. The molecule has 4 nitrogen and oxygen atoms in total. The molecule has 0 saturated heterocycles. The maximum Gasteiger partial charge on any atom is 0.255 e. The number of carbonyl (C=O) groups is 1. The highest BCUT2D eigenvalue weighted by atomic mass is 16.5. The zero-order chi connectivity index (χ0) is 16.5. The summed E-state index contributed by atoms with van der Waals surface area (Å²) in [6, 6.07) is 14.3. The summed E-state index contributed by atoms with van der Waals surface area (Å²) in [7, 11) is 0. The number of amides is 1. The molecule has 2 rings (SSSR count). The van der Waals surface area contributed by atoms with E-state index in [0.29, 0.717) is 17.9 Å².